The Labute approximate surface area is 163 Å². The van der Waals surface area contributed by atoms with Crippen molar-refractivity contribution >= 4 is 5.97 Å². The molecule has 27 heavy (non-hydrogen) atoms. The lowest BCUT2D eigenvalue weighted by molar-refractivity contribution is -0.166. The second-order valence-corrected chi connectivity index (χ2v) is 10.3. The molecule has 0 radical (unpaired) electrons. The van der Waals surface area contributed by atoms with Crippen molar-refractivity contribution in [3.05, 3.63) is 11.6 Å². The van der Waals surface area contributed by atoms with Crippen molar-refractivity contribution in [2.24, 2.45) is 34.5 Å². The van der Waals surface area contributed by atoms with Crippen molar-refractivity contribution in [1.29, 1.82) is 0 Å². The molecule has 152 valence electrons. The number of ether oxygens (including phenoxy) is 1. The van der Waals surface area contributed by atoms with Crippen LogP contribution in [0.25, 0.3) is 0 Å². The number of rotatable bonds is 3. The fourth-order valence-electron chi connectivity index (χ4n) is 7.56. The standard InChI is InChI=1S/C23H36O4/c1-4-18(14-11-20(25)27-13-14)23(3)10-8-19-17(21(23)26)6-5-15-12-16(24)7-9-22(15,19)2/h11,15-19,21,24,26H,4-10,12-13H2,1-3H3/t15-,16+,17?,18-,19?,21+,22+,23-/m1/s1. The minimum atomic E-state index is -0.331. The lowest BCUT2D eigenvalue weighted by atomic mass is 9.45. The van der Waals surface area contributed by atoms with Crippen LogP contribution >= 0.6 is 0 Å². The van der Waals surface area contributed by atoms with Crippen LogP contribution in [0.4, 0.5) is 0 Å². The van der Waals surface area contributed by atoms with Gasteiger partial charge in [-0.15, -0.1) is 0 Å². The zero-order chi connectivity index (χ0) is 19.4. The van der Waals surface area contributed by atoms with Crippen LogP contribution in [0.1, 0.15) is 72.1 Å². The van der Waals surface area contributed by atoms with E-state index in [1.165, 1.54) is 0 Å². The maximum absolute atomic E-state index is 11.6. The number of hydrogen-bond acceptors (Lipinski definition) is 4. The van der Waals surface area contributed by atoms with Gasteiger partial charge in [0.1, 0.15) is 6.61 Å². The molecule has 1 heterocycles. The highest BCUT2D eigenvalue weighted by Gasteiger charge is 2.58. The number of carbonyl (C=O) groups excluding carboxylic acids is 1. The van der Waals surface area contributed by atoms with E-state index in [-0.39, 0.29) is 34.9 Å². The third kappa shape index (κ3) is 2.98. The molecule has 0 amide bonds. The molecule has 0 spiro atoms. The van der Waals surface area contributed by atoms with Crippen LogP contribution in [0.15, 0.2) is 11.6 Å². The van der Waals surface area contributed by atoms with E-state index >= 15 is 0 Å². The van der Waals surface area contributed by atoms with Crippen molar-refractivity contribution in [2.75, 3.05) is 6.61 Å². The van der Waals surface area contributed by atoms with Gasteiger partial charge < -0.3 is 14.9 Å². The molecule has 0 saturated heterocycles. The SMILES string of the molecule is CC[C@H](C1=CC(=O)OC1)[C@@]1(C)CCC2C(CC[C@@H]3C[C@@H](O)CC[C@]23C)[C@@H]1O. The average molecular weight is 377 g/mol. The predicted octanol–water partition coefficient (Wildman–Crippen LogP) is 3.85. The Hall–Kier alpha value is -0.870. The summed E-state index contributed by atoms with van der Waals surface area (Å²) in [5.41, 5.74) is 1.15. The van der Waals surface area contributed by atoms with Gasteiger partial charge in [0, 0.05) is 11.5 Å². The van der Waals surface area contributed by atoms with Crippen LogP contribution in [0.3, 0.4) is 0 Å². The minimum Gasteiger partial charge on any atom is -0.458 e. The predicted molar refractivity (Wildman–Crippen MR) is 104 cm³/mol. The molecular weight excluding hydrogens is 340 g/mol. The van der Waals surface area contributed by atoms with E-state index in [1.54, 1.807) is 6.08 Å². The van der Waals surface area contributed by atoms with Crippen molar-refractivity contribution in [3.8, 4) is 0 Å². The van der Waals surface area contributed by atoms with Crippen molar-refractivity contribution in [1.82, 2.24) is 0 Å². The van der Waals surface area contributed by atoms with Crippen LogP contribution in [-0.2, 0) is 9.53 Å². The summed E-state index contributed by atoms with van der Waals surface area (Å²) in [5.74, 6) is 1.47. The highest BCUT2D eigenvalue weighted by atomic mass is 16.5. The van der Waals surface area contributed by atoms with Gasteiger partial charge in [-0.2, -0.15) is 0 Å². The van der Waals surface area contributed by atoms with Gasteiger partial charge in [0.05, 0.1) is 12.2 Å². The van der Waals surface area contributed by atoms with E-state index in [2.05, 4.69) is 20.8 Å². The fraction of sp³-hybridized carbons (Fsp3) is 0.870. The highest BCUT2D eigenvalue weighted by Crippen LogP contribution is 2.63. The first-order chi connectivity index (χ1) is 12.8. The molecule has 3 saturated carbocycles. The first-order valence-electron chi connectivity index (χ1n) is 11.0. The Morgan fingerprint density at radius 2 is 1.96 bits per heavy atom. The Bertz CT molecular complexity index is 628. The van der Waals surface area contributed by atoms with Crippen LogP contribution in [0.5, 0.6) is 0 Å². The van der Waals surface area contributed by atoms with E-state index < -0.39 is 0 Å². The molecule has 4 rings (SSSR count). The molecular formula is C23H36O4. The van der Waals surface area contributed by atoms with Crippen molar-refractivity contribution in [2.45, 2.75) is 84.3 Å². The average Bonchev–Trinajstić information content (AvgIpc) is 3.05. The molecule has 2 N–H and O–H groups in total. The van der Waals surface area contributed by atoms with Gasteiger partial charge in [-0.3, -0.25) is 0 Å². The molecule has 8 atom stereocenters. The van der Waals surface area contributed by atoms with E-state index in [9.17, 15) is 15.0 Å². The van der Waals surface area contributed by atoms with Crippen LogP contribution < -0.4 is 0 Å². The highest BCUT2D eigenvalue weighted by molar-refractivity contribution is 5.85. The van der Waals surface area contributed by atoms with Gasteiger partial charge >= 0.3 is 5.97 Å². The van der Waals surface area contributed by atoms with Gasteiger partial charge in [-0.05, 0) is 86.0 Å². The van der Waals surface area contributed by atoms with Crippen molar-refractivity contribution < 1.29 is 19.7 Å². The van der Waals surface area contributed by atoms with E-state index in [4.69, 9.17) is 4.74 Å². The number of hydrogen-bond donors (Lipinski definition) is 2. The third-order valence-corrected chi connectivity index (χ3v) is 9.13. The Morgan fingerprint density at radius 1 is 1.19 bits per heavy atom. The second-order valence-electron chi connectivity index (χ2n) is 10.3. The zero-order valence-electron chi connectivity index (χ0n) is 17.1. The number of fused-ring (bicyclic) bond motifs is 3. The normalized spacial score (nSPS) is 48.3. The fourth-order valence-corrected chi connectivity index (χ4v) is 7.56. The lowest BCUT2D eigenvalue weighted by Gasteiger charge is -2.61. The first-order valence-corrected chi connectivity index (χ1v) is 11.0. The summed E-state index contributed by atoms with van der Waals surface area (Å²) < 4.78 is 5.19. The van der Waals surface area contributed by atoms with Crippen LogP contribution in [0.2, 0.25) is 0 Å². The second kappa shape index (κ2) is 6.88. The summed E-state index contributed by atoms with van der Waals surface area (Å²) in [5, 5.41) is 21.8. The van der Waals surface area contributed by atoms with Gasteiger partial charge in [0.15, 0.2) is 0 Å². The minimum absolute atomic E-state index is 0.130. The zero-order valence-corrected chi connectivity index (χ0v) is 17.1. The van der Waals surface area contributed by atoms with Gasteiger partial charge in [0.2, 0.25) is 0 Å². The molecule has 4 aliphatic rings. The van der Waals surface area contributed by atoms with E-state index in [0.717, 1.165) is 56.9 Å². The van der Waals surface area contributed by atoms with Gasteiger partial charge in [-0.1, -0.05) is 20.8 Å². The first kappa shape index (κ1) is 19.4. The number of cyclic esters (lactones) is 1. The quantitative estimate of drug-likeness (QED) is 0.734. The molecule has 0 aromatic carbocycles. The Morgan fingerprint density at radius 3 is 2.63 bits per heavy atom. The summed E-state index contributed by atoms with van der Waals surface area (Å²) in [4.78, 5) is 11.6. The molecule has 3 aliphatic carbocycles. The maximum Gasteiger partial charge on any atom is 0.331 e. The molecule has 0 aromatic heterocycles. The number of aliphatic hydroxyl groups is 2. The third-order valence-electron chi connectivity index (χ3n) is 9.13. The summed E-state index contributed by atoms with van der Waals surface area (Å²) >= 11 is 0. The Kier molecular flexibility index (Phi) is 4.95. The van der Waals surface area contributed by atoms with Crippen LogP contribution in [0, 0.1) is 34.5 Å². The molecule has 4 heteroatoms. The van der Waals surface area contributed by atoms with Crippen LogP contribution in [-0.4, -0.2) is 35.0 Å². The molecule has 0 aromatic rings. The monoisotopic (exact) mass is 376 g/mol. The summed E-state index contributed by atoms with van der Waals surface area (Å²) in [7, 11) is 0. The number of carbonyl (C=O) groups is 1. The largest absolute Gasteiger partial charge is 0.458 e. The van der Waals surface area contributed by atoms with Gasteiger partial charge in [0.25, 0.3) is 0 Å². The molecule has 4 nitrogen and oxygen atoms in total. The molecule has 1 aliphatic heterocycles. The summed E-state index contributed by atoms with van der Waals surface area (Å²) in [6.45, 7) is 7.23. The topological polar surface area (TPSA) is 66.8 Å². The van der Waals surface area contributed by atoms with E-state index in [1.807, 2.05) is 0 Å². The smallest absolute Gasteiger partial charge is 0.331 e. The Balaban J connectivity index is 1.59. The van der Waals surface area contributed by atoms with Crippen molar-refractivity contribution in [3.63, 3.8) is 0 Å². The molecule has 0 bridgehead atoms. The van der Waals surface area contributed by atoms with Gasteiger partial charge in [-0.25, -0.2) is 4.79 Å². The summed E-state index contributed by atoms with van der Waals surface area (Å²) in [6.07, 6.45) is 9.43. The maximum atomic E-state index is 11.6. The summed E-state index contributed by atoms with van der Waals surface area (Å²) in [6, 6.07) is 0. The van der Waals surface area contributed by atoms with E-state index in [0.29, 0.717) is 24.4 Å². The molecule has 3 fully saturated rings. The lowest BCUT2D eigenvalue weighted by Crippen LogP contribution is -2.58. The molecule has 2 unspecified atom stereocenters. The number of esters is 1. The number of aliphatic hydroxyl groups excluding tert-OH is 2.